The molecule has 0 radical (unpaired) electrons. The summed E-state index contributed by atoms with van der Waals surface area (Å²) in [4.78, 5) is 39.7. The van der Waals surface area contributed by atoms with Crippen LogP contribution in [0.5, 0.6) is 0 Å². The normalized spacial score (nSPS) is 12.2. The fourth-order valence-electron chi connectivity index (χ4n) is 4.03. The fraction of sp³-hybridized carbons (Fsp3) is 0.269. The van der Waals surface area contributed by atoms with Gasteiger partial charge in [-0.2, -0.15) is 0 Å². The number of carboxylic acids is 1. The van der Waals surface area contributed by atoms with Crippen LogP contribution in [0.15, 0.2) is 66.0 Å². The molecule has 2 amide bonds. The summed E-state index contributed by atoms with van der Waals surface area (Å²) >= 11 is 1.58. The number of carbonyl (C=O) groups excluding carboxylic acids is 2. The molecule has 3 aromatic rings. The van der Waals surface area contributed by atoms with Gasteiger partial charge in [0.25, 0.3) is 5.91 Å². The highest BCUT2D eigenvalue weighted by Crippen LogP contribution is 2.29. The molecule has 0 bridgehead atoms. The van der Waals surface area contributed by atoms with Crippen molar-refractivity contribution in [3.05, 3.63) is 83.0 Å². The average molecular weight is 483 g/mol. The third-order valence-corrected chi connectivity index (χ3v) is 6.54. The van der Waals surface area contributed by atoms with Gasteiger partial charge in [0.15, 0.2) is 0 Å². The number of carboxylic acid groups (broad SMARTS) is 1. The van der Waals surface area contributed by atoms with Crippen molar-refractivity contribution in [2.24, 2.45) is 5.73 Å². The number of carbonyl (C=O) groups is 3. The molecule has 0 saturated carbocycles. The smallest absolute Gasteiger partial charge is 0.326 e. The van der Waals surface area contributed by atoms with E-state index in [1.165, 1.54) is 17.0 Å². The van der Waals surface area contributed by atoms with E-state index in [9.17, 15) is 23.9 Å². The van der Waals surface area contributed by atoms with E-state index in [1.54, 1.807) is 49.4 Å². The predicted molar refractivity (Wildman–Crippen MR) is 130 cm³/mol. The Labute approximate surface area is 201 Å². The van der Waals surface area contributed by atoms with E-state index < -0.39 is 29.4 Å². The molecule has 1 heterocycles. The van der Waals surface area contributed by atoms with Gasteiger partial charge in [-0.05, 0) is 73.5 Å². The molecule has 2 aromatic carbocycles. The SMILES string of the molecule is CC(C)(Cc1ccc(F)cc1)N(C(=O)c1ccc(-c2cccs2)cc1)[C@@H](CCC(N)=O)C(=O)O. The topological polar surface area (TPSA) is 101 Å². The minimum absolute atomic E-state index is 0.115. The maximum atomic E-state index is 13.7. The molecular weight excluding hydrogens is 455 g/mol. The lowest BCUT2D eigenvalue weighted by Crippen LogP contribution is -2.57. The van der Waals surface area contributed by atoms with Crippen molar-refractivity contribution in [1.29, 1.82) is 0 Å². The first kappa shape index (κ1) is 25.1. The number of benzene rings is 2. The molecule has 0 unspecified atom stereocenters. The van der Waals surface area contributed by atoms with Gasteiger partial charge in [0.05, 0.1) is 0 Å². The summed E-state index contributed by atoms with van der Waals surface area (Å²) in [5.74, 6) is -2.72. The van der Waals surface area contributed by atoms with Gasteiger partial charge < -0.3 is 15.7 Å². The van der Waals surface area contributed by atoms with Crippen LogP contribution in [0.25, 0.3) is 10.4 Å². The molecule has 3 rings (SSSR count). The van der Waals surface area contributed by atoms with Gasteiger partial charge in [0.2, 0.25) is 5.91 Å². The Hall–Kier alpha value is -3.52. The second kappa shape index (κ2) is 10.6. The number of thiophene rings is 1. The third-order valence-electron chi connectivity index (χ3n) is 5.62. The van der Waals surface area contributed by atoms with Crippen molar-refractivity contribution >= 4 is 29.1 Å². The van der Waals surface area contributed by atoms with Crippen molar-refractivity contribution in [3.8, 4) is 10.4 Å². The second-order valence-electron chi connectivity index (χ2n) is 8.70. The predicted octanol–water partition coefficient (Wildman–Crippen LogP) is 4.74. The van der Waals surface area contributed by atoms with Gasteiger partial charge in [-0.15, -0.1) is 11.3 Å². The number of hydrogen-bond acceptors (Lipinski definition) is 4. The van der Waals surface area contributed by atoms with E-state index in [0.717, 1.165) is 16.0 Å². The van der Waals surface area contributed by atoms with Crippen LogP contribution in [-0.4, -0.2) is 39.4 Å². The van der Waals surface area contributed by atoms with E-state index in [0.29, 0.717) is 5.56 Å². The monoisotopic (exact) mass is 482 g/mol. The number of aliphatic carboxylic acids is 1. The standard InChI is InChI=1S/C26H27FN2O4S/c1-26(2,16-17-5-11-20(27)12-6-17)29(21(25(32)33)13-14-23(28)30)24(31)19-9-7-18(8-10-19)22-4-3-15-34-22/h3-12,15,21H,13-14,16H2,1-2H3,(H2,28,30)(H,32,33)/t21-/m0/s1. The first-order chi connectivity index (χ1) is 16.1. The lowest BCUT2D eigenvalue weighted by molar-refractivity contribution is -0.144. The maximum absolute atomic E-state index is 13.7. The molecule has 0 saturated heterocycles. The van der Waals surface area contributed by atoms with Crippen LogP contribution < -0.4 is 5.73 Å². The molecule has 0 aliphatic carbocycles. The highest BCUT2D eigenvalue weighted by Gasteiger charge is 2.40. The molecular formula is C26H27FN2O4S. The van der Waals surface area contributed by atoms with Gasteiger partial charge >= 0.3 is 5.97 Å². The quantitative estimate of drug-likeness (QED) is 0.436. The number of nitrogens with two attached hydrogens (primary N) is 1. The van der Waals surface area contributed by atoms with Crippen LogP contribution in [0.4, 0.5) is 4.39 Å². The van der Waals surface area contributed by atoms with Crippen LogP contribution in [0.3, 0.4) is 0 Å². The van der Waals surface area contributed by atoms with Crippen molar-refractivity contribution in [2.75, 3.05) is 0 Å². The van der Waals surface area contributed by atoms with E-state index in [2.05, 4.69) is 0 Å². The summed E-state index contributed by atoms with van der Waals surface area (Å²) in [6, 6.07) is 15.5. The number of rotatable bonds is 10. The van der Waals surface area contributed by atoms with E-state index in [1.807, 2.05) is 29.6 Å². The summed E-state index contributed by atoms with van der Waals surface area (Å²) in [6.07, 6.45) is -0.00608. The second-order valence-corrected chi connectivity index (χ2v) is 9.65. The summed E-state index contributed by atoms with van der Waals surface area (Å²) in [7, 11) is 0. The van der Waals surface area contributed by atoms with Crippen molar-refractivity contribution in [2.45, 2.75) is 44.7 Å². The number of nitrogens with zero attached hydrogens (tertiary/aromatic N) is 1. The van der Waals surface area contributed by atoms with Crippen molar-refractivity contribution < 1.29 is 23.9 Å². The number of primary amides is 1. The van der Waals surface area contributed by atoms with Crippen LogP contribution in [0.2, 0.25) is 0 Å². The van der Waals surface area contributed by atoms with E-state index >= 15 is 0 Å². The lowest BCUT2D eigenvalue weighted by atomic mass is 9.89. The third kappa shape index (κ3) is 6.08. The molecule has 1 atom stereocenters. The molecule has 0 spiro atoms. The number of amides is 2. The highest BCUT2D eigenvalue weighted by molar-refractivity contribution is 7.13. The lowest BCUT2D eigenvalue weighted by Gasteiger charge is -2.42. The number of hydrogen-bond donors (Lipinski definition) is 2. The van der Waals surface area contributed by atoms with Gasteiger partial charge in [-0.3, -0.25) is 9.59 Å². The molecule has 178 valence electrons. The molecule has 0 aliphatic heterocycles. The Kier molecular flexibility index (Phi) is 7.83. The summed E-state index contributed by atoms with van der Waals surface area (Å²) < 4.78 is 13.4. The van der Waals surface area contributed by atoms with E-state index in [-0.39, 0.29) is 25.1 Å². The van der Waals surface area contributed by atoms with Crippen LogP contribution in [0, 0.1) is 5.82 Å². The van der Waals surface area contributed by atoms with Gasteiger partial charge in [-0.1, -0.05) is 30.3 Å². The number of halogens is 1. The summed E-state index contributed by atoms with van der Waals surface area (Å²) in [6.45, 7) is 3.52. The van der Waals surface area contributed by atoms with Crippen LogP contribution in [-0.2, 0) is 16.0 Å². The summed E-state index contributed by atoms with van der Waals surface area (Å²) in [5, 5.41) is 12.0. The Morgan fingerprint density at radius 1 is 1.06 bits per heavy atom. The highest BCUT2D eigenvalue weighted by atomic mass is 32.1. The Balaban J connectivity index is 1.98. The zero-order valence-corrected chi connectivity index (χ0v) is 19.8. The van der Waals surface area contributed by atoms with Gasteiger partial charge in [-0.25, -0.2) is 9.18 Å². The molecule has 1 aromatic heterocycles. The minimum Gasteiger partial charge on any atom is -0.480 e. The van der Waals surface area contributed by atoms with Crippen LogP contribution >= 0.6 is 11.3 Å². The first-order valence-electron chi connectivity index (χ1n) is 10.8. The Morgan fingerprint density at radius 3 is 2.24 bits per heavy atom. The van der Waals surface area contributed by atoms with Crippen LogP contribution in [0.1, 0.15) is 42.6 Å². The Morgan fingerprint density at radius 2 is 1.71 bits per heavy atom. The Bertz CT molecular complexity index is 1140. The zero-order valence-electron chi connectivity index (χ0n) is 19.0. The maximum Gasteiger partial charge on any atom is 0.326 e. The largest absolute Gasteiger partial charge is 0.480 e. The van der Waals surface area contributed by atoms with Gasteiger partial charge in [0, 0.05) is 22.4 Å². The molecule has 8 heteroatoms. The van der Waals surface area contributed by atoms with Crippen molar-refractivity contribution in [1.82, 2.24) is 4.90 Å². The fourth-order valence-corrected chi connectivity index (χ4v) is 4.76. The minimum atomic E-state index is -1.27. The molecule has 0 fully saturated rings. The molecule has 6 nitrogen and oxygen atoms in total. The molecule has 0 aliphatic rings. The molecule has 34 heavy (non-hydrogen) atoms. The summed E-state index contributed by atoms with van der Waals surface area (Å²) in [5.41, 5.74) is 6.33. The molecule has 3 N–H and O–H groups in total. The van der Waals surface area contributed by atoms with Gasteiger partial charge in [0.1, 0.15) is 11.9 Å². The first-order valence-corrected chi connectivity index (χ1v) is 11.7. The van der Waals surface area contributed by atoms with Crippen molar-refractivity contribution in [3.63, 3.8) is 0 Å². The average Bonchev–Trinajstić information content (AvgIpc) is 3.32. The zero-order chi connectivity index (χ0) is 24.9. The van der Waals surface area contributed by atoms with E-state index in [4.69, 9.17) is 5.73 Å².